The molecule has 2 saturated heterocycles. The van der Waals surface area contributed by atoms with Gasteiger partial charge in [0, 0.05) is 33.2 Å². The van der Waals surface area contributed by atoms with Gasteiger partial charge in [-0.3, -0.25) is 0 Å². The maximum Gasteiger partial charge on any atom is 0.147 e. The molecule has 0 saturated carbocycles. The van der Waals surface area contributed by atoms with Crippen LogP contribution in [0.3, 0.4) is 0 Å². The molecule has 0 bridgehead atoms. The number of hydrazine groups is 1. The fraction of sp³-hybridized carbons (Fsp3) is 0.818. The zero-order chi connectivity index (χ0) is 10.7. The van der Waals surface area contributed by atoms with E-state index in [1.54, 1.807) is 0 Å². The molecule has 4 heteroatoms. The molecule has 0 radical (unpaired) electrons. The minimum Gasteiger partial charge on any atom is -0.367 e. The van der Waals surface area contributed by atoms with E-state index in [1.807, 2.05) is 17.9 Å². The van der Waals surface area contributed by atoms with Gasteiger partial charge in [-0.25, -0.2) is 14.8 Å². The topological polar surface area (TPSA) is 26.8 Å². The molecular weight excluding hydrogens is 190 g/mol. The van der Waals surface area contributed by atoms with Crippen LogP contribution in [0.25, 0.3) is 0 Å². The Hall–Kier alpha value is -0.830. The van der Waals surface area contributed by atoms with Crippen molar-refractivity contribution in [1.29, 1.82) is 0 Å². The van der Waals surface area contributed by atoms with Crippen molar-refractivity contribution in [2.75, 3.05) is 39.8 Å². The number of piperidine rings is 1. The van der Waals surface area contributed by atoms with Crippen LogP contribution in [0.15, 0.2) is 5.70 Å². The first-order chi connectivity index (χ1) is 7.31. The smallest absolute Gasteiger partial charge is 0.147 e. The zero-order valence-corrected chi connectivity index (χ0v) is 9.41. The minimum absolute atomic E-state index is 0.736. The molecule has 0 spiro atoms. The van der Waals surface area contributed by atoms with Crippen LogP contribution < -0.4 is 0 Å². The Balaban J connectivity index is 1.96. The van der Waals surface area contributed by atoms with Gasteiger partial charge < -0.3 is 4.90 Å². The van der Waals surface area contributed by atoms with Gasteiger partial charge in [0.15, 0.2) is 0 Å². The van der Waals surface area contributed by atoms with E-state index in [2.05, 4.69) is 10.0 Å². The first kappa shape index (κ1) is 10.7. The summed E-state index contributed by atoms with van der Waals surface area (Å²) in [6.45, 7) is 4.99. The fourth-order valence-electron chi connectivity index (χ4n) is 2.28. The maximum atomic E-state index is 10.7. The third-order valence-electron chi connectivity index (χ3n) is 3.34. The number of rotatable bonds is 1. The number of nitrogens with zero attached hydrogens (tertiary/aromatic N) is 3. The fourth-order valence-corrected chi connectivity index (χ4v) is 2.28. The molecule has 0 aromatic rings. The summed E-state index contributed by atoms with van der Waals surface area (Å²) >= 11 is 0. The lowest BCUT2D eigenvalue weighted by molar-refractivity contribution is -0.0512. The van der Waals surface area contributed by atoms with Gasteiger partial charge in [-0.05, 0) is 12.8 Å². The lowest BCUT2D eigenvalue weighted by Gasteiger charge is -2.42. The van der Waals surface area contributed by atoms with Crippen molar-refractivity contribution in [3.8, 4) is 0 Å². The SMILES string of the molecule is CN1CCN(N2CCCCC2)CC1=C=O. The van der Waals surface area contributed by atoms with E-state index in [-0.39, 0.29) is 0 Å². The molecule has 0 aliphatic carbocycles. The second-order valence-corrected chi connectivity index (χ2v) is 4.37. The van der Waals surface area contributed by atoms with Crippen molar-refractivity contribution in [3.05, 3.63) is 5.70 Å². The van der Waals surface area contributed by atoms with Gasteiger partial charge >= 0.3 is 0 Å². The maximum absolute atomic E-state index is 10.7. The molecule has 84 valence electrons. The summed E-state index contributed by atoms with van der Waals surface area (Å²) in [7, 11) is 1.97. The van der Waals surface area contributed by atoms with E-state index in [1.165, 1.54) is 19.3 Å². The molecule has 0 unspecified atom stereocenters. The highest BCUT2D eigenvalue weighted by molar-refractivity contribution is 5.52. The summed E-state index contributed by atoms with van der Waals surface area (Å²) in [5, 5.41) is 4.70. The van der Waals surface area contributed by atoms with Crippen LogP contribution in [0.4, 0.5) is 0 Å². The van der Waals surface area contributed by atoms with Gasteiger partial charge in [0.25, 0.3) is 0 Å². The summed E-state index contributed by atoms with van der Waals surface area (Å²) in [6, 6.07) is 0. The molecular formula is C11H19N3O. The van der Waals surface area contributed by atoms with Crippen LogP contribution in [-0.4, -0.2) is 60.6 Å². The third kappa shape index (κ3) is 2.40. The third-order valence-corrected chi connectivity index (χ3v) is 3.34. The molecule has 2 fully saturated rings. The Kier molecular flexibility index (Phi) is 3.41. The van der Waals surface area contributed by atoms with Gasteiger partial charge in [0.2, 0.25) is 0 Å². The van der Waals surface area contributed by atoms with E-state index >= 15 is 0 Å². The second-order valence-electron chi connectivity index (χ2n) is 4.37. The molecule has 0 amide bonds. The van der Waals surface area contributed by atoms with Crippen molar-refractivity contribution >= 4 is 5.94 Å². The predicted octanol–water partition coefficient (Wildman–Crippen LogP) is 0.350. The number of hydrogen-bond acceptors (Lipinski definition) is 4. The summed E-state index contributed by atoms with van der Waals surface area (Å²) in [5.74, 6) is 2.05. The van der Waals surface area contributed by atoms with E-state index in [0.717, 1.165) is 38.4 Å². The molecule has 15 heavy (non-hydrogen) atoms. The molecule has 2 aliphatic rings. The highest BCUT2D eigenvalue weighted by Crippen LogP contribution is 2.16. The predicted molar refractivity (Wildman–Crippen MR) is 58.8 cm³/mol. The van der Waals surface area contributed by atoms with Crippen molar-refractivity contribution in [3.63, 3.8) is 0 Å². The Bertz CT molecular complexity index is 267. The normalized spacial score (nSPS) is 25.4. The number of piperazine rings is 1. The first-order valence-electron chi connectivity index (χ1n) is 5.76. The van der Waals surface area contributed by atoms with Crippen LogP contribution >= 0.6 is 0 Å². The van der Waals surface area contributed by atoms with E-state index in [9.17, 15) is 4.79 Å². The van der Waals surface area contributed by atoms with Crippen molar-refractivity contribution in [2.24, 2.45) is 0 Å². The quantitative estimate of drug-likeness (QED) is 0.582. The Morgan fingerprint density at radius 2 is 1.73 bits per heavy atom. The zero-order valence-electron chi connectivity index (χ0n) is 9.41. The summed E-state index contributed by atoms with van der Waals surface area (Å²) in [6.07, 6.45) is 3.92. The number of likely N-dealkylation sites (N-methyl/N-ethyl adjacent to an activating group) is 1. The lowest BCUT2D eigenvalue weighted by Crippen LogP contribution is -2.53. The minimum atomic E-state index is 0.736. The van der Waals surface area contributed by atoms with Gasteiger partial charge in [0.1, 0.15) is 11.6 Å². The first-order valence-corrected chi connectivity index (χ1v) is 5.76. The van der Waals surface area contributed by atoms with Crippen molar-refractivity contribution in [1.82, 2.24) is 14.9 Å². The molecule has 2 heterocycles. The standard InChI is InChI=1S/C11H19N3O/c1-12-7-8-14(9-11(12)10-15)13-5-3-2-4-6-13/h2-9H2,1H3. The second kappa shape index (κ2) is 4.79. The lowest BCUT2D eigenvalue weighted by atomic mass is 10.1. The number of carbonyl (C=O) groups excluding carboxylic acids is 1. The Morgan fingerprint density at radius 3 is 2.40 bits per heavy atom. The molecule has 4 nitrogen and oxygen atoms in total. The molecule has 0 aromatic heterocycles. The van der Waals surface area contributed by atoms with Crippen LogP contribution in [0.2, 0.25) is 0 Å². The summed E-state index contributed by atoms with van der Waals surface area (Å²) < 4.78 is 0. The summed E-state index contributed by atoms with van der Waals surface area (Å²) in [4.78, 5) is 12.8. The van der Waals surface area contributed by atoms with Crippen LogP contribution in [0.1, 0.15) is 19.3 Å². The molecule has 2 aliphatic heterocycles. The van der Waals surface area contributed by atoms with Gasteiger partial charge in [-0.2, -0.15) is 0 Å². The molecule has 2 rings (SSSR count). The highest BCUT2D eigenvalue weighted by atomic mass is 16.1. The van der Waals surface area contributed by atoms with E-state index in [0.29, 0.717) is 0 Å². The number of hydrogen-bond donors (Lipinski definition) is 0. The van der Waals surface area contributed by atoms with Crippen LogP contribution in [0, 0.1) is 0 Å². The average molecular weight is 209 g/mol. The van der Waals surface area contributed by atoms with Gasteiger partial charge in [0.05, 0.1) is 6.54 Å². The van der Waals surface area contributed by atoms with Gasteiger partial charge in [-0.15, -0.1) is 0 Å². The van der Waals surface area contributed by atoms with E-state index < -0.39 is 0 Å². The summed E-state index contributed by atoms with van der Waals surface area (Å²) in [5.41, 5.74) is 0.784. The Labute approximate surface area is 91.1 Å². The molecule has 0 N–H and O–H groups in total. The highest BCUT2D eigenvalue weighted by Gasteiger charge is 2.24. The Morgan fingerprint density at radius 1 is 1.00 bits per heavy atom. The average Bonchev–Trinajstić information content (AvgIpc) is 2.31. The van der Waals surface area contributed by atoms with Crippen LogP contribution in [0.5, 0.6) is 0 Å². The van der Waals surface area contributed by atoms with E-state index in [4.69, 9.17) is 0 Å². The largest absolute Gasteiger partial charge is 0.367 e. The van der Waals surface area contributed by atoms with Gasteiger partial charge in [-0.1, -0.05) is 6.42 Å². The monoisotopic (exact) mass is 209 g/mol. The van der Waals surface area contributed by atoms with Crippen molar-refractivity contribution < 1.29 is 4.79 Å². The van der Waals surface area contributed by atoms with Crippen LogP contribution in [-0.2, 0) is 4.79 Å². The van der Waals surface area contributed by atoms with Crippen molar-refractivity contribution in [2.45, 2.75) is 19.3 Å². The molecule has 0 atom stereocenters. The molecule has 0 aromatic carbocycles.